The number of carbonyl (C=O) groups is 1. The molecule has 1 aromatic heterocycles. The highest BCUT2D eigenvalue weighted by molar-refractivity contribution is 6.32. The van der Waals surface area contributed by atoms with E-state index in [0.29, 0.717) is 5.69 Å². The maximum atomic E-state index is 11.9. The first-order valence-electron chi connectivity index (χ1n) is 5.87. The minimum atomic E-state index is -0.336. The van der Waals surface area contributed by atoms with Gasteiger partial charge in [0.25, 0.3) is 0 Å². The molecule has 19 heavy (non-hydrogen) atoms. The number of hydrogen-bond donors (Lipinski definition) is 2. The summed E-state index contributed by atoms with van der Waals surface area (Å²) in [6, 6.07) is 12.6. The number of rotatable bonds is 4. The average Bonchev–Trinajstić information content (AvgIpc) is 2.42. The van der Waals surface area contributed by atoms with Gasteiger partial charge in [-0.1, -0.05) is 41.9 Å². The van der Waals surface area contributed by atoms with Crippen LogP contribution in [0, 0.1) is 0 Å². The van der Waals surface area contributed by atoms with E-state index in [1.807, 2.05) is 30.3 Å². The van der Waals surface area contributed by atoms with Crippen LogP contribution in [-0.4, -0.2) is 10.9 Å². The molecule has 0 aliphatic carbocycles. The summed E-state index contributed by atoms with van der Waals surface area (Å²) in [6.07, 6.45) is 1.75. The number of benzene rings is 1. The molecule has 4 nitrogen and oxygen atoms in total. The summed E-state index contributed by atoms with van der Waals surface area (Å²) in [5, 5.41) is 2.97. The Hall–Kier alpha value is -1.91. The lowest BCUT2D eigenvalue weighted by atomic mass is 10.0. The highest BCUT2D eigenvalue weighted by Gasteiger charge is 2.12. The van der Waals surface area contributed by atoms with Crippen LogP contribution in [0.1, 0.15) is 18.0 Å². The van der Waals surface area contributed by atoms with Gasteiger partial charge >= 0.3 is 0 Å². The maximum absolute atomic E-state index is 11.9. The van der Waals surface area contributed by atoms with Crippen LogP contribution < -0.4 is 11.1 Å². The summed E-state index contributed by atoms with van der Waals surface area (Å²) in [4.78, 5) is 15.8. The molecule has 0 aliphatic heterocycles. The Morgan fingerprint density at radius 2 is 2.00 bits per heavy atom. The number of amides is 1. The number of halogens is 1. The monoisotopic (exact) mass is 275 g/mol. The molecule has 1 amide bonds. The third-order valence-corrected chi connectivity index (χ3v) is 2.97. The Balaban J connectivity index is 1.97. The quantitative estimate of drug-likeness (QED) is 0.843. The van der Waals surface area contributed by atoms with Gasteiger partial charge in [0.1, 0.15) is 0 Å². The van der Waals surface area contributed by atoms with Crippen LogP contribution in [-0.2, 0) is 4.79 Å². The summed E-state index contributed by atoms with van der Waals surface area (Å²) in [7, 11) is 0. The van der Waals surface area contributed by atoms with E-state index in [0.717, 1.165) is 5.56 Å². The second kappa shape index (κ2) is 6.31. The van der Waals surface area contributed by atoms with Crippen LogP contribution in [0.2, 0.25) is 5.15 Å². The summed E-state index contributed by atoms with van der Waals surface area (Å²) in [6.45, 7) is 0. The molecule has 1 atom stereocenters. The summed E-state index contributed by atoms with van der Waals surface area (Å²) in [5.41, 5.74) is 7.40. The van der Waals surface area contributed by atoms with E-state index in [1.165, 1.54) is 0 Å². The standard InChI is InChI=1S/C14H14ClN3O/c15-14-12(7-4-8-17-14)18-13(19)9-11(16)10-5-2-1-3-6-10/h1-8,11H,9,16H2,(H,18,19). The summed E-state index contributed by atoms with van der Waals surface area (Å²) in [5.74, 6) is -0.189. The van der Waals surface area contributed by atoms with Crippen LogP contribution >= 0.6 is 11.6 Å². The second-order valence-corrected chi connectivity index (χ2v) is 4.47. The first-order valence-corrected chi connectivity index (χ1v) is 6.25. The lowest BCUT2D eigenvalue weighted by Gasteiger charge is -2.12. The van der Waals surface area contributed by atoms with Crippen molar-refractivity contribution in [1.29, 1.82) is 0 Å². The molecule has 2 aromatic rings. The molecule has 5 heteroatoms. The third-order valence-electron chi connectivity index (χ3n) is 2.67. The molecule has 3 N–H and O–H groups in total. The van der Waals surface area contributed by atoms with Gasteiger partial charge in [-0.15, -0.1) is 0 Å². The first-order chi connectivity index (χ1) is 9.16. The zero-order valence-electron chi connectivity index (χ0n) is 10.2. The fourth-order valence-corrected chi connectivity index (χ4v) is 1.86. The molecule has 0 saturated heterocycles. The number of anilines is 1. The largest absolute Gasteiger partial charge is 0.324 e. The second-order valence-electron chi connectivity index (χ2n) is 4.11. The summed E-state index contributed by atoms with van der Waals surface area (Å²) >= 11 is 5.86. The van der Waals surface area contributed by atoms with Crippen molar-refractivity contribution in [3.63, 3.8) is 0 Å². The molecular formula is C14H14ClN3O. The molecule has 0 bridgehead atoms. The van der Waals surface area contributed by atoms with E-state index in [-0.39, 0.29) is 23.5 Å². The first kappa shape index (κ1) is 13.5. The van der Waals surface area contributed by atoms with Crippen molar-refractivity contribution < 1.29 is 4.79 Å². The maximum Gasteiger partial charge on any atom is 0.226 e. The molecule has 0 saturated carbocycles. The van der Waals surface area contributed by atoms with Crippen molar-refractivity contribution in [3.05, 3.63) is 59.4 Å². The predicted molar refractivity (Wildman–Crippen MR) is 75.9 cm³/mol. The minimum Gasteiger partial charge on any atom is -0.324 e. The van der Waals surface area contributed by atoms with Crippen LogP contribution in [0.5, 0.6) is 0 Å². The number of nitrogens with zero attached hydrogens (tertiary/aromatic N) is 1. The van der Waals surface area contributed by atoms with E-state index >= 15 is 0 Å². The van der Waals surface area contributed by atoms with Gasteiger partial charge in [0, 0.05) is 18.7 Å². The van der Waals surface area contributed by atoms with Crippen molar-refractivity contribution in [2.75, 3.05) is 5.32 Å². The van der Waals surface area contributed by atoms with Gasteiger partial charge in [0.15, 0.2) is 5.15 Å². The number of pyridine rings is 1. The van der Waals surface area contributed by atoms with Crippen molar-refractivity contribution in [1.82, 2.24) is 4.98 Å². The van der Waals surface area contributed by atoms with Gasteiger partial charge in [-0.25, -0.2) is 4.98 Å². The smallest absolute Gasteiger partial charge is 0.226 e. The van der Waals surface area contributed by atoms with Crippen molar-refractivity contribution in [2.24, 2.45) is 5.73 Å². The number of nitrogens with two attached hydrogens (primary N) is 1. The fraction of sp³-hybridized carbons (Fsp3) is 0.143. The van der Waals surface area contributed by atoms with E-state index in [2.05, 4.69) is 10.3 Å². The Morgan fingerprint density at radius 1 is 1.26 bits per heavy atom. The lowest BCUT2D eigenvalue weighted by molar-refractivity contribution is -0.116. The number of aromatic nitrogens is 1. The minimum absolute atomic E-state index is 0.189. The van der Waals surface area contributed by atoms with Gasteiger partial charge < -0.3 is 11.1 Å². The van der Waals surface area contributed by atoms with Crippen LogP contribution in [0.25, 0.3) is 0 Å². The topological polar surface area (TPSA) is 68.0 Å². The van der Waals surface area contributed by atoms with Crippen molar-refractivity contribution >= 4 is 23.2 Å². The van der Waals surface area contributed by atoms with E-state index in [1.54, 1.807) is 18.3 Å². The van der Waals surface area contributed by atoms with Gasteiger partial charge in [-0.3, -0.25) is 4.79 Å². The predicted octanol–water partition coefficient (Wildman–Crippen LogP) is 2.76. The molecule has 0 spiro atoms. The van der Waals surface area contributed by atoms with Crippen LogP contribution in [0.4, 0.5) is 5.69 Å². The Bertz CT molecular complexity index is 560. The molecule has 1 aromatic carbocycles. The molecule has 1 unspecified atom stereocenters. The molecule has 0 aliphatic rings. The van der Waals surface area contributed by atoms with Gasteiger partial charge in [0.2, 0.25) is 5.91 Å². The van der Waals surface area contributed by atoms with Crippen molar-refractivity contribution in [3.8, 4) is 0 Å². The molecule has 0 radical (unpaired) electrons. The number of carbonyl (C=O) groups excluding carboxylic acids is 1. The highest BCUT2D eigenvalue weighted by atomic mass is 35.5. The lowest BCUT2D eigenvalue weighted by Crippen LogP contribution is -2.20. The fourth-order valence-electron chi connectivity index (χ4n) is 1.70. The number of nitrogens with one attached hydrogen (secondary N) is 1. The Kier molecular flexibility index (Phi) is 4.49. The molecule has 2 rings (SSSR count). The zero-order valence-corrected chi connectivity index (χ0v) is 11.0. The normalized spacial score (nSPS) is 11.9. The Morgan fingerprint density at radius 3 is 2.68 bits per heavy atom. The van der Waals surface area contributed by atoms with Gasteiger partial charge in [-0.05, 0) is 17.7 Å². The van der Waals surface area contributed by atoms with Crippen molar-refractivity contribution in [2.45, 2.75) is 12.5 Å². The van der Waals surface area contributed by atoms with E-state index in [4.69, 9.17) is 17.3 Å². The molecule has 98 valence electrons. The van der Waals surface area contributed by atoms with E-state index < -0.39 is 0 Å². The molecule has 1 heterocycles. The van der Waals surface area contributed by atoms with Crippen LogP contribution in [0.3, 0.4) is 0 Å². The molecule has 0 fully saturated rings. The third kappa shape index (κ3) is 3.77. The van der Waals surface area contributed by atoms with Gasteiger partial charge in [0.05, 0.1) is 5.69 Å². The highest BCUT2D eigenvalue weighted by Crippen LogP contribution is 2.19. The van der Waals surface area contributed by atoms with Gasteiger partial charge in [-0.2, -0.15) is 0 Å². The average molecular weight is 276 g/mol. The number of hydrogen-bond acceptors (Lipinski definition) is 3. The summed E-state index contributed by atoms with van der Waals surface area (Å²) < 4.78 is 0. The van der Waals surface area contributed by atoms with E-state index in [9.17, 15) is 4.79 Å². The SMILES string of the molecule is NC(CC(=O)Nc1cccnc1Cl)c1ccccc1. The molecular weight excluding hydrogens is 262 g/mol. The zero-order chi connectivity index (χ0) is 13.7. The van der Waals surface area contributed by atoms with Crippen LogP contribution in [0.15, 0.2) is 48.7 Å². The Labute approximate surface area is 116 Å².